The Morgan fingerprint density at radius 2 is 2.19 bits per heavy atom. The van der Waals surface area contributed by atoms with Gasteiger partial charge < -0.3 is 14.5 Å². The smallest absolute Gasteiger partial charge is 0.262 e. The van der Waals surface area contributed by atoms with Gasteiger partial charge in [0.25, 0.3) is 5.91 Å². The van der Waals surface area contributed by atoms with Crippen LogP contribution in [-0.2, 0) is 11.3 Å². The minimum Gasteiger partial charge on any atom is -0.497 e. The van der Waals surface area contributed by atoms with Crippen molar-refractivity contribution in [3.63, 3.8) is 0 Å². The third-order valence-corrected chi connectivity index (χ3v) is 3.49. The van der Waals surface area contributed by atoms with Crippen LogP contribution in [-0.4, -0.2) is 28.2 Å². The molecule has 0 saturated carbocycles. The SMILES string of the molecule is COc1ccc(-c2n[nH]c(CNC(=O)/C(C#N)=C/c3ccco3)n2)cc1. The Kier molecular flexibility index (Phi) is 5.10. The van der Waals surface area contributed by atoms with E-state index in [2.05, 4.69) is 20.5 Å². The Labute approximate surface area is 149 Å². The lowest BCUT2D eigenvalue weighted by Gasteiger charge is -2.01. The van der Waals surface area contributed by atoms with Gasteiger partial charge in [-0.15, -0.1) is 0 Å². The first-order valence-corrected chi connectivity index (χ1v) is 7.69. The lowest BCUT2D eigenvalue weighted by Crippen LogP contribution is -2.24. The van der Waals surface area contributed by atoms with Crippen LogP contribution < -0.4 is 10.1 Å². The maximum absolute atomic E-state index is 12.1. The number of benzene rings is 1. The van der Waals surface area contributed by atoms with Gasteiger partial charge in [-0.2, -0.15) is 10.4 Å². The summed E-state index contributed by atoms with van der Waals surface area (Å²) in [6, 6.07) is 12.5. The van der Waals surface area contributed by atoms with E-state index in [1.807, 2.05) is 30.3 Å². The summed E-state index contributed by atoms with van der Waals surface area (Å²) >= 11 is 0. The van der Waals surface area contributed by atoms with Crippen LogP contribution in [0.2, 0.25) is 0 Å². The molecule has 0 aliphatic carbocycles. The minimum absolute atomic E-state index is 0.0603. The highest BCUT2D eigenvalue weighted by Crippen LogP contribution is 2.18. The van der Waals surface area contributed by atoms with Gasteiger partial charge in [0.15, 0.2) is 5.82 Å². The van der Waals surface area contributed by atoms with E-state index in [1.54, 1.807) is 19.2 Å². The zero-order valence-electron chi connectivity index (χ0n) is 13.9. The molecule has 0 aliphatic rings. The summed E-state index contributed by atoms with van der Waals surface area (Å²) in [7, 11) is 1.60. The van der Waals surface area contributed by atoms with Gasteiger partial charge in [-0.25, -0.2) is 4.98 Å². The zero-order valence-corrected chi connectivity index (χ0v) is 13.9. The van der Waals surface area contributed by atoms with Gasteiger partial charge >= 0.3 is 0 Å². The molecule has 0 bridgehead atoms. The summed E-state index contributed by atoms with van der Waals surface area (Å²) < 4.78 is 10.2. The Morgan fingerprint density at radius 1 is 1.38 bits per heavy atom. The van der Waals surface area contributed by atoms with E-state index in [0.29, 0.717) is 17.4 Å². The summed E-state index contributed by atoms with van der Waals surface area (Å²) in [5, 5.41) is 18.6. The lowest BCUT2D eigenvalue weighted by atomic mass is 10.2. The van der Waals surface area contributed by atoms with Crippen molar-refractivity contribution in [2.45, 2.75) is 6.54 Å². The number of aromatic nitrogens is 3. The number of H-pyrrole nitrogens is 1. The molecule has 0 unspecified atom stereocenters. The first-order valence-electron chi connectivity index (χ1n) is 7.69. The van der Waals surface area contributed by atoms with Gasteiger partial charge in [0.2, 0.25) is 0 Å². The van der Waals surface area contributed by atoms with E-state index < -0.39 is 5.91 Å². The second kappa shape index (κ2) is 7.81. The molecule has 1 amide bonds. The predicted molar refractivity (Wildman–Crippen MR) is 92.5 cm³/mol. The highest BCUT2D eigenvalue weighted by atomic mass is 16.5. The van der Waals surface area contributed by atoms with Gasteiger partial charge in [-0.1, -0.05) is 0 Å². The van der Waals surface area contributed by atoms with E-state index in [1.165, 1.54) is 12.3 Å². The van der Waals surface area contributed by atoms with Crippen molar-refractivity contribution in [3.8, 4) is 23.2 Å². The lowest BCUT2D eigenvalue weighted by molar-refractivity contribution is -0.117. The molecule has 0 spiro atoms. The normalized spacial score (nSPS) is 11.0. The monoisotopic (exact) mass is 349 g/mol. The fourth-order valence-electron chi connectivity index (χ4n) is 2.17. The number of furan rings is 1. The van der Waals surface area contributed by atoms with E-state index in [4.69, 9.17) is 14.4 Å². The van der Waals surface area contributed by atoms with Crippen LogP contribution >= 0.6 is 0 Å². The van der Waals surface area contributed by atoms with Crippen LogP contribution in [0.1, 0.15) is 11.6 Å². The van der Waals surface area contributed by atoms with Gasteiger partial charge in [-0.3, -0.25) is 9.89 Å². The number of methoxy groups -OCH3 is 1. The molecule has 0 atom stereocenters. The molecule has 3 aromatic rings. The molecular weight excluding hydrogens is 334 g/mol. The third-order valence-electron chi connectivity index (χ3n) is 3.49. The molecule has 0 fully saturated rings. The van der Waals surface area contributed by atoms with E-state index in [9.17, 15) is 4.79 Å². The fourth-order valence-corrected chi connectivity index (χ4v) is 2.17. The van der Waals surface area contributed by atoms with Crippen LogP contribution in [0, 0.1) is 11.3 Å². The average Bonchev–Trinajstić information content (AvgIpc) is 3.36. The second-order valence-electron chi connectivity index (χ2n) is 5.20. The van der Waals surface area contributed by atoms with Crippen LogP contribution in [0.3, 0.4) is 0 Å². The van der Waals surface area contributed by atoms with Crippen molar-refractivity contribution < 1.29 is 13.9 Å². The van der Waals surface area contributed by atoms with Gasteiger partial charge in [0.05, 0.1) is 19.9 Å². The Morgan fingerprint density at radius 3 is 2.85 bits per heavy atom. The standard InChI is InChI=1S/C18H15N5O3/c1-25-14-6-4-12(5-7-14)17-21-16(22-23-17)11-20-18(24)13(10-19)9-15-3-2-8-26-15/h2-9H,11H2,1H3,(H,20,24)(H,21,22,23)/b13-9+. The minimum atomic E-state index is -0.522. The molecule has 2 heterocycles. The number of carbonyl (C=O) groups is 1. The molecule has 130 valence electrons. The number of rotatable bonds is 6. The first kappa shape index (κ1) is 17.0. The van der Waals surface area contributed by atoms with Gasteiger partial charge in [0, 0.05) is 11.6 Å². The Bertz CT molecular complexity index is 950. The van der Waals surface area contributed by atoms with Crippen LogP contribution in [0.5, 0.6) is 5.75 Å². The van der Waals surface area contributed by atoms with Crippen molar-refractivity contribution in [2.75, 3.05) is 7.11 Å². The molecule has 8 heteroatoms. The molecule has 3 rings (SSSR count). The molecule has 8 nitrogen and oxygen atoms in total. The number of nitriles is 1. The molecular formula is C18H15N5O3. The summed E-state index contributed by atoms with van der Waals surface area (Å²) in [5.74, 6) is 1.62. The highest BCUT2D eigenvalue weighted by Gasteiger charge is 2.12. The molecule has 2 aromatic heterocycles. The van der Waals surface area contributed by atoms with Gasteiger partial charge in [0.1, 0.15) is 29.0 Å². The summed E-state index contributed by atoms with van der Waals surface area (Å²) in [6.45, 7) is 0.110. The summed E-state index contributed by atoms with van der Waals surface area (Å²) in [5.41, 5.74) is 0.755. The number of aromatic amines is 1. The van der Waals surface area contributed by atoms with E-state index in [0.717, 1.165) is 11.3 Å². The molecule has 0 radical (unpaired) electrons. The van der Waals surface area contributed by atoms with E-state index >= 15 is 0 Å². The van der Waals surface area contributed by atoms with Crippen molar-refractivity contribution in [1.82, 2.24) is 20.5 Å². The molecule has 1 aromatic carbocycles. The Hall–Kier alpha value is -3.86. The largest absolute Gasteiger partial charge is 0.497 e. The predicted octanol–water partition coefficient (Wildman–Crippen LogP) is 2.30. The Balaban J connectivity index is 1.64. The van der Waals surface area contributed by atoms with Crippen LogP contribution in [0.15, 0.2) is 52.7 Å². The maximum Gasteiger partial charge on any atom is 0.262 e. The zero-order chi connectivity index (χ0) is 18.4. The number of ether oxygens (including phenoxy) is 1. The molecule has 0 aliphatic heterocycles. The van der Waals surface area contributed by atoms with Crippen molar-refractivity contribution in [2.24, 2.45) is 0 Å². The van der Waals surface area contributed by atoms with Crippen LogP contribution in [0.25, 0.3) is 17.5 Å². The van der Waals surface area contributed by atoms with Gasteiger partial charge in [-0.05, 0) is 36.4 Å². The number of carbonyl (C=O) groups excluding carboxylic acids is 1. The number of nitrogens with one attached hydrogen (secondary N) is 2. The first-order chi connectivity index (χ1) is 12.7. The number of hydrogen-bond donors (Lipinski definition) is 2. The number of hydrogen-bond acceptors (Lipinski definition) is 6. The van der Waals surface area contributed by atoms with E-state index in [-0.39, 0.29) is 12.1 Å². The average molecular weight is 349 g/mol. The highest BCUT2D eigenvalue weighted by molar-refractivity contribution is 6.01. The second-order valence-corrected chi connectivity index (χ2v) is 5.20. The quantitative estimate of drug-likeness (QED) is 0.521. The summed E-state index contributed by atoms with van der Waals surface area (Å²) in [6.07, 6.45) is 2.84. The van der Waals surface area contributed by atoms with Crippen molar-refractivity contribution >= 4 is 12.0 Å². The van der Waals surface area contributed by atoms with Crippen molar-refractivity contribution in [3.05, 3.63) is 59.8 Å². The number of nitrogens with zero attached hydrogens (tertiary/aromatic N) is 3. The van der Waals surface area contributed by atoms with Crippen LogP contribution in [0.4, 0.5) is 0 Å². The number of amides is 1. The molecule has 26 heavy (non-hydrogen) atoms. The topological polar surface area (TPSA) is 117 Å². The fraction of sp³-hybridized carbons (Fsp3) is 0.111. The summed E-state index contributed by atoms with van der Waals surface area (Å²) in [4.78, 5) is 16.4. The molecule has 0 saturated heterocycles. The maximum atomic E-state index is 12.1. The third kappa shape index (κ3) is 3.96. The molecule has 2 N–H and O–H groups in total. The van der Waals surface area contributed by atoms with Crippen molar-refractivity contribution in [1.29, 1.82) is 5.26 Å².